The van der Waals surface area contributed by atoms with Gasteiger partial charge >= 0.3 is 0 Å². The molecule has 1 aromatic rings. The SMILES string of the molecule is CNC(=S)N/N=C/c1cccc(Cl)c1Cl. The Kier molecular flexibility index (Phi) is 4.81. The summed E-state index contributed by atoms with van der Waals surface area (Å²) in [5.74, 6) is 0. The Morgan fingerprint density at radius 2 is 2.20 bits per heavy atom. The number of thiocarbonyl (C=S) groups is 1. The average molecular weight is 262 g/mol. The zero-order chi connectivity index (χ0) is 11.3. The molecule has 0 radical (unpaired) electrons. The number of nitrogens with one attached hydrogen (secondary N) is 2. The van der Waals surface area contributed by atoms with Crippen LogP contribution >= 0.6 is 35.4 Å². The first-order valence-electron chi connectivity index (χ1n) is 4.10. The Balaban J connectivity index is 2.72. The molecule has 80 valence electrons. The lowest BCUT2D eigenvalue weighted by atomic mass is 10.2. The Labute approximate surface area is 103 Å². The van der Waals surface area contributed by atoms with E-state index in [2.05, 4.69) is 15.8 Å². The molecule has 0 aromatic heterocycles. The maximum Gasteiger partial charge on any atom is 0.186 e. The fourth-order valence-corrected chi connectivity index (χ4v) is 1.25. The smallest absolute Gasteiger partial charge is 0.186 e. The number of hydrogen-bond donors (Lipinski definition) is 2. The quantitative estimate of drug-likeness (QED) is 0.488. The van der Waals surface area contributed by atoms with E-state index in [0.717, 1.165) is 5.56 Å². The zero-order valence-electron chi connectivity index (χ0n) is 7.92. The number of halogens is 2. The zero-order valence-corrected chi connectivity index (χ0v) is 10.2. The number of benzene rings is 1. The van der Waals surface area contributed by atoms with Crippen LogP contribution in [0.4, 0.5) is 0 Å². The van der Waals surface area contributed by atoms with Gasteiger partial charge in [-0.1, -0.05) is 35.3 Å². The average Bonchev–Trinajstić information content (AvgIpc) is 2.24. The molecule has 0 saturated carbocycles. The minimum Gasteiger partial charge on any atom is -0.364 e. The lowest BCUT2D eigenvalue weighted by molar-refractivity contribution is 0.982. The molecule has 6 heteroatoms. The lowest BCUT2D eigenvalue weighted by Gasteiger charge is -2.01. The van der Waals surface area contributed by atoms with E-state index in [4.69, 9.17) is 35.4 Å². The third-order valence-corrected chi connectivity index (χ3v) is 2.71. The molecular weight excluding hydrogens is 253 g/mol. The van der Waals surface area contributed by atoms with Crippen LogP contribution in [-0.2, 0) is 0 Å². The first-order chi connectivity index (χ1) is 7.15. The van der Waals surface area contributed by atoms with Crippen LogP contribution < -0.4 is 10.7 Å². The van der Waals surface area contributed by atoms with Crippen LogP contribution in [0.15, 0.2) is 23.3 Å². The summed E-state index contributed by atoms with van der Waals surface area (Å²) in [5.41, 5.74) is 3.35. The molecule has 0 aliphatic heterocycles. The third-order valence-electron chi connectivity index (χ3n) is 1.58. The molecule has 0 heterocycles. The highest BCUT2D eigenvalue weighted by Gasteiger charge is 2.00. The highest BCUT2D eigenvalue weighted by molar-refractivity contribution is 7.80. The van der Waals surface area contributed by atoms with Crippen molar-refractivity contribution in [2.24, 2.45) is 5.10 Å². The van der Waals surface area contributed by atoms with Gasteiger partial charge in [0.1, 0.15) is 0 Å². The number of rotatable bonds is 2. The second kappa shape index (κ2) is 5.90. The van der Waals surface area contributed by atoms with Gasteiger partial charge in [-0.05, 0) is 18.3 Å². The van der Waals surface area contributed by atoms with Crippen LogP contribution in [0.5, 0.6) is 0 Å². The molecule has 0 amide bonds. The highest BCUT2D eigenvalue weighted by atomic mass is 35.5. The van der Waals surface area contributed by atoms with Crippen LogP contribution in [0, 0.1) is 0 Å². The molecular formula is C9H9Cl2N3S. The van der Waals surface area contributed by atoms with Gasteiger partial charge in [-0.2, -0.15) is 5.10 Å². The highest BCUT2D eigenvalue weighted by Crippen LogP contribution is 2.23. The van der Waals surface area contributed by atoms with Gasteiger partial charge in [-0.25, -0.2) is 0 Å². The van der Waals surface area contributed by atoms with Gasteiger partial charge < -0.3 is 5.32 Å². The van der Waals surface area contributed by atoms with E-state index >= 15 is 0 Å². The van der Waals surface area contributed by atoms with Gasteiger partial charge in [0.05, 0.1) is 16.3 Å². The van der Waals surface area contributed by atoms with Crippen molar-refractivity contribution < 1.29 is 0 Å². The van der Waals surface area contributed by atoms with Crippen molar-refractivity contribution >= 4 is 46.7 Å². The van der Waals surface area contributed by atoms with E-state index in [1.165, 1.54) is 0 Å². The lowest BCUT2D eigenvalue weighted by Crippen LogP contribution is -2.28. The van der Waals surface area contributed by atoms with Crippen LogP contribution in [0.2, 0.25) is 10.0 Å². The molecule has 0 unspecified atom stereocenters. The molecule has 0 aliphatic carbocycles. The van der Waals surface area contributed by atoms with Gasteiger partial charge in [-0.3, -0.25) is 5.43 Å². The Morgan fingerprint density at radius 3 is 2.87 bits per heavy atom. The third kappa shape index (κ3) is 3.66. The predicted octanol–water partition coefficient (Wildman–Crippen LogP) is 2.42. The summed E-state index contributed by atoms with van der Waals surface area (Å²) in [6.45, 7) is 0. The van der Waals surface area contributed by atoms with E-state index in [0.29, 0.717) is 15.2 Å². The predicted molar refractivity (Wildman–Crippen MR) is 68.8 cm³/mol. The second-order valence-corrected chi connectivity index (χ2v) is 3.79. The first-order valence-corrected chi connectivity index (χ1v) is 5.26. The van der Waals surface area contributed by atoms with Gasteiger partial charge in [-0.15, -0.1) is 0 Å². The van der Waals surface area contributed by atoms with Crippen molar-refractivity contribution in [3.8, 4) is 0 Å². The largest absolute Gasteiger partial charge is 0.364 e. The summed E-state index contributed by atoms with van der Waals surface area (Å²) in [4.78, 5) is 0. The molecule has 1 rings (SSSR count). The van der Waals surface area contributed by atoms with Crippen LogP contribution in [0.3, 0.4) is 0 Å². The first kappa shape index (κ1) is 12.2. The summed E-state index contributed by atoms with van der Waals surface area (Å²) < 4.78 is 0. The Morgan fingerprint density at radius 1 is 1.47 bits per heavy atom. The summed E-state index contributed by atoms with van der Waals surface area (Å²) >= 11 is 16.6. The van der Waals surface area contributed by atoms with E-state index in [1.54, 1.807) is 25.4 Å². The topological polar surface area (TPSA) is 36.4 Å². The summed E-state index contributed by atoms with van der Waals surface area (Å²) in [7, 11) is 1.71. The Hall–Kier alpha value is -0.840. The molecule has 0 bridgehead atoms. The fraction of sp³-hybridized carbons (Fsp3) is 0.111. The van der Waals surface area contributed by atoms with Crippen molar-refractivity contribution in [1.82, 2.24) is 10.7 Å². The molecule has 0 fully saturated rings. The van der Waals surface area contributed by atoms with Crippen molar-refractivity contribution in [2.45, 2.75) is 0 Å². The molecule has 0 atom stereocenters. The number of nitrogens with zero attached hydrogens (tertiary/aromatic N) is 1. The minimum atomic E-state index is 0.435. The number of hydrazone groups is 1. The maximum absolute atomic E-state index is 5.94. The summed E-state index contributed by atoms with van der Waals surface area (Å²) in [6, 6.07) is 5.32. The van der Waals surface area contributed by atoms with Crippen molar-refractivity contribution in [2.75, 3.05) is 7.05 Å². The second-order valence-electron chi connectivity index (χ2n) is 2.59. The minimum absolute atomic E-state index is 0.435. The normalized spacial score (nSPS) is 10.3. The monoisotopic (exact) mass is 261 g/mol. The fourth-order valence-electron chi connectivity index (χ4n) is 0.837. The van der Waals surface area contributed by atoms with E-state index in [1.807, 2.05) is 6.07 Å². The van der Waals surface area contributed by atoms with Crippen LogP contribution in [0.1, 0.15) is 5.56 Å². The van der Waals surface area contributed by atoms with Crippen molar-refractivity contribution in [3.05, 3.63) is 33.8 Å². The van der Waals surface area contributed by atoms with Gasteiger partial charge in [0.25, 0.3) is 0 Å². The molecule has 0 saturated heterocycles. The standard InChI is InChI=1S/C9H9Cl2N3S/c1-12-9(15)14-13-5-6-3-2-4-7(10)8(6)11/h2-5H,1H3,(H2,12,14,15)/b13-5+. The van der Waals surface area contributed by atoms with E-state index < -0.39 is 0 Å². The van der Waals surface area contributed by atoms with E-state index in [-0.39, 0.29) is 0 Å². The molecule has 2 N–H and O–H groups in total. The van der Waals surface area contributed by atoms with Crippen molar-refractivity contribution in [1.29, 1.82) is 0 Å². The van der Waals surface area contributed by atoms with Crippen LogP contribution in [-0.4, -0.2) is 18.4 Å². The molecule has 0 spiro atoms. The summed E-state index contributed by atoms with van der Waals surface area (Å²) in [5, 5.41) is 8.02. The molecule has 0 aliphatic rings. The van der Waals surface area contributed by atoms with Gasteiger partial charge in [0, 0.05) is 12.6 Å². The van der Waals surface area contributed by atoms with Gasteiger partial charge in [0.15, 0.2) is 5.11 Å². The molecule has 15 heavy (non-hydrogen) atoms. The Bertz CT molecular complexity index is 393. The molecule has 3 nitrogen and oxygen atoms in total. The maximum atomic E-state index is 5.94. The van der Waals surface area contributed by atoms with E-state index in [9.17, 15) is 0 Å². The summed E-state index contributed by atoms with van der Waals surface area (Å²) in [6.07, 6.45) is 1.55. The van der Waals surface area contributed by atoms with Crippen molar-refractivity contribution in [3.63, 3.8) is 0 Å². The van der Waals surface area contributed by atoms with Crippen LogP contribution in [0.25, 0.3) is 0 Å². The number of hydrogen-bond acceptors (Lipinski definition) is 2. The molecule has 1 aromatic carbocycles. The van der Waals surface area contributed by atoms with Gasteiger partial charge in [0.2, 0.25) is 0 Å².